The van der Waals surface area contributed by atoms with E-state index >= 15 is 0 Å². The summed E-state index contributed by atoms with van der Waals surface area (Å²) in [5.74, 6) is -0.934. The maximum Gasteiger partial charge on any atom is 0.306 e. The van der Waals surface area contributed by atoms with E-state index in [9.17, 15) is 14.0 Å². The Morgan fingerprint density at radius 2 is 1.76 bits per heavy atom. The van der Waals surface area contributed by atoms with E-state index in [1.807, 2.05) is 24.3 Å². The van der Waals surface area contributed by atoms with Crippen LogP contribution in [0.4, 0.5) is 4.39 Å². The second-order valence-electron chi connectivity index (χ2n) is 6.04. The van der Waals surface area contributed by atoms with Crippen molar-refractivity contribution in [2.75, 3.05) is 13.7 Å². The van der Waals surface area contributed by atoms with Crippen LogP contribution in [-0.2, 0) is 20.7 Å². The average molecular weight is 341 g/mol. The first-order valence-corrected chi connectivity index (χ1v) is 8.30. The van der Waals surface area contributed by atoms with Crippen molar-refractivity contribution in [3.8, 4) is 0 Å². The van der Waals surface area contributed by atoms with E-state index in [1.54, 1.807) is 23.1 Å². The summed E-state index contributed by atoms with van der Waals surface area (Å²) in [6.07, 6.45) is 0.794. The number of nitrogens with zero attached hydrogens (tertiary/aromatic N) is 1. The van der Waals surface area contributed by atoms with Gasteiger partial charge in [-0.2, -0.15) is 0 Å². The molecule has 4 nitrogen and oxygen atoms in total. The Labute approximate surface area is 146 Å². The summed E-state index contributed by atoms with van der Waals surface area (Å²) in [6.45, 7) is 0.496. The maximum absolute atomic E-state index is 14.5. The minimum Gasteiger partial charge on any atom is -0.469 e. The minimum atomic E-state index is -0.476. The topological polar surface area (TPSA) is 46.6 Å². The number of hydrogen-bond donors (Lipinski definition) is 0. The van der Waals surface area contributed by atoms with Crippen LogP contribution in [0.5, 0.6) is 0 Å². The highest BCUT2D eigenvalue weighted by molar-refractivity contribution is 5.82. The Hall–Kier alpha value is -2.69. The molecule has 25 heavy (non-hydrogen) atoms. The molecule has 0 saturated carbocycles. The molecule has 2 aromatic rings. The quantitative estimate of drug-likeness (QED) is 0.802. The number of amides is 1. The van der Waals surface area contributed by atoms with Crippen molar-refractivity contribution in [3.63, 3.8) is 0 Å². The molecule has 0 aliphatic carbocycles. The average Bonchev–Trinajstić information content (AvgIpc) is 2.65. The molecule has 1 atom stereocenters. The van der Waals surface area contributed by atoms with Crippen molar-refractivity contribution in [1.29, 1.82) is 0 Å². The van der Waals surface area contributed by atoms with Crippen molar-refractivity contribution in [1.82, 2.24) is 4.90 Å². The summed E-state index contributed by atoms with van der Waals surface area (Å²) in [5, 5.41) is 0. The third-order valence-electron chi connectivity index (χ3n) is 4.57. The predicted octanol–water partition coefficient (Wildman–Crippen LogP) is 3.25. The summed E-state index contributed by atoms with van der Waals surface area (Å²) in [5.41, 5.74) is 2.53. The van der Waals surface area contributed by atoms with Gasteiger partial charge < -0.3 is 9.64 Å². The second-order valence-corrected chi connectivity index (χ2v) is 6.04. The van der Waals surface area contributed by atoms with Gasteiger partial charge in [-0.3, -0.25) is 9.59 Å². The van der Waals surface area contributed by atoms with E-state index in [0.29, 0.717) is 18.5 Å². The molecule has 0 fully saturated rings. The molecule has 1 aliphatic heterocycles. The number of hydrogen-bond acceptors (Lipinski definition) is 3. The van der Waals surface area contributed by atoms with E-state index in [0.717, 1.165) is 11.1 Å². The predicted molar refractivity (Wildman–Crippen MR) is 91.4 cm³/mol. The molecular formula is C20H20FNO3. The van der Waals surface area contributed by atoms with Gasteiger partial charge in [0.1, 0.15) is 5.82 Å². The molecule has 1 unspecified atom stereocenters. The van der Waals surface area contributed by atoms with Crippen LogP contribution in [0, 0.1) is 5.82 Å². The zero-order valence-electron chi connectivity index (χ0n) is 14.1. The number of rotatable bonds is 4. The van der Waals surface area contributed by atoms with Gasteiger partial charge in [0.2, 0.25) is 5.91 Å². The largest absolute Gasteiger partial charge is 0.469 e. The van der Waals surface area contributed by atoms with Gasteiger partial charge in [-0.05, 0) is 23.6 Å². The molecule has 3 rings (SSSR count). The van der Waals surface area contributed by atoms with Crippen LogP contribution in [0.1, 0.15) is 35.6 Å². The van der Waals surface area contributed by atoms with Crippen molar-refractivity contribution >= 4 is 11.9 Å². The Kier molecular flexibility index (Phi) is 5.12. The monoisotopic (exact) mass is 341 g/mol. The number of fused-ring (bicyclic) bond motifs is 1. The summed E-state index contributed by atoms with van der Waals surface area (Å²) in [6, 6.07) is 13.8. The maximum atomic E-state index is 14.5. The molecule has 0 radical (unpaired) electrons. The number of esters is 1. The fourth-order valence-electron chi connectivity index (χ4n) is 3.32. The van der Waals surface area contributed by atoms with Crippen LogP contribution in [0.3, 0.4) is 0 Å². The number of methoxy groups -OCH3 is 1. The Morgan fingerprint density at radius 1 is 1.08 bits per heavy atom. The Morgan fingerprint density at radius 3 is 2.48 bits per heavy atom. The van der Waals surface area contributed by atoms with E-state index in [1.165, 1.54) is 13.2 Å². The molecule has 0 bridgehead atoms. The van der Waals surface area contributed by atoms with E-state index in [4.69, 9.17) is 0 Å². The zero-order chi connectivity index (χ0) is 17.8. The number of carbonyl (C=O) groups excluding carboxylic acids is 2. The van der Waals surface area contributed by atoms with Gasteiger partial charge in [0.25, 0.3) is 0 Å². The smallest absolute Gasteiger partial charge is 0.306 e. The first kappa shape index (κ1) is 17.1. The molecule has 1 amide bonds. The Balaban J connectivity index is 1.96. The van der Waals surface area contributed by atoms with Crippen molar-refractivity contribution in [2.24, 2.45) is 0 Å². The van der Waals surface area contributed by atoms with Crippen molar-refractivity contribution in [2.45, 2.75) is 25.3 Å². The molecule has 0 saturated heterocycles. The number of carbonyl (C=O) groups is 2. The van der Waals surface area contributed by atoms with Crippen LogP contribution in [0.15, 0.2) is 48.5 Å². The molecule has 0 N–H and O–H groups in total. The highest BCUT2D eigenvalue weighted by Gasteiger charge is 2.33. The highest BCUT2D eigenvalue weighted by atomic mass is 19.1. The first-order chi connectivity index (χ1) is 12.1. The first-order valence-electron chi connectivity index (χ1n) is 8.30. The summed E-state index contributed by atoms with van der Waals surface area (Å²) >= 11 is 0. The van der Waals surface area contributed by atoms with E-state index < -0.39 is 12.0 Å². The third kappa shape index (κ3) is 3.55. The van der Waals surface area contributed by atoms with Crippen LogP contribution >= 0.6 is 0 Å². The molecular weight excluding hydrogens is 321 g/mol. The second kappa shape index (κ2) is 7.47. The van der Waals surface area contributed by atoms with E-state index in [-0.39, 0.29) is 24.6 Å². The molecule has 1 heterocycles. The van der Waals surface area contributed by atoms with Gasteiger partial charge in [0.05, 0.1) is 19.6 Å². The van der Waals surface area contributed by atoms with E-state index in [2.05, 4.69) is 4.74 Å². The summed E-state index contributed by atoms with van der Waals surface area (Å²) in [7, 11) is 1.30. The fraction of sp³-hybridized carbons (Fsp3) is 0.300. The SMILES string of the molecule is COC(=O)CCC(=O)N1CCc2ccccc2C1c1ccccc1F. The lowest BCUT2D eigenvalue weighted by Gasteiger charge is -2.38. The van der Waals surface area contributed by atoms with Crippen LogP contribution in [-0.4, -0.2) is 30.4 Å². The molecule has 2 aromatic carbocycles. The molecule has 0 spiro atoms. The number of halogens is 1. The highest BCUT2D eigenvalue weighted by Crippen LogP contribution is 2.36. The third-order valence-corrected chi connectivity index (χ3v) is 4.57. The lowest BCUT2D eigenvalue weighted by molar-refractivity contribution is -0.144. The number of ether oxygens (including phenoxy) is 1. The zero-order valence-corrected chi connectivity index (χ0v) is 14.1. The van der Waals surface area contributed by atoms with Crippen molar-refractivity contribution in [3.05, 3.63) is 71.0 Å². The van der Waals surface area contributed by atoms with Gasteiger partial charge in [-0.1, -0.05) is 42.5 Å². The van der Waals surface area contributed by atoms with Gasteiger partial charge >= 0.3 is 5.97 Å². The molecule has 0 aromatic heterocycles. The minimum absolute atomic E-state index is 0.0253. The number of benzene rings is 2. The molecule has 5 heteroatoms. The summed E-state index contributed by atoms with van der Waals surface area (Å²) < 4.78 is 19.1. The van der Waals surface area contributed by atoms with Gasteiger partial charge in [0.15, 0.2) is 0 Å². The van der Waals surface area contributed by atoms with Crippen LogP contribution in [0.2, 0.25) is 0 Å². The fourth-order valence-corrected chi connectivity index (χ4v) is 3.32. The van der Waals surface area contributed by atoms with Crippen molar-refractivity contribution < 1.29 is 18.7 Å². The molecule has 130 valence electrons. The van der Waals surface area contributed by atoms with Crippen LogP contribution < -0.4 is 0 Å². The normalized spacial score (nSPS) is 16.2. The van der Waals surface area contributed by atoms with Gasteiger partial charge in [-0.25, -0.2) is 4.39 Å². The lowest BCUT2D eigenvalue weighted by Crippen LogP contribution is -2.41. The van der Waals surface area contributed by atoms with Gasteiger partial charge in [0, 0.05) is 18.5 Å². The van der Waals surface area contributed by atoms with Gasteiger partial charge in [-0.15, -0.1) is 0 Å². The lowest BCUT2D eigenvalue weighted by atomic mass is 9.87. The molecule has 1 aliphatic rings. The standard InChI is InChI=1S/C20H20FNO3/c1-25-19(24)11-10-18(23)22-13-12-14-6-2-3-7-15(14)20(22)16-8-4-5-9-17(16)21/h2-9,20H,10-13H2,1H3. The summed E-state index contributed by atoms with van der Waals surface area (Å²) in [4.78, 5) is 25.7. The Bertz CT molecular complexity index is 790. The van der Waals surface area contributed by atoms with Crippen LogP contribution in [0.25, 0.3) is 0 Å².